The highest BCUT2D eigenvalue weighted by Gasteiger charge is 2.27. The van der Waals surface area contributed by atoms with Gasteiger partial charge in [-0.25, -0.2) is 9.48 Å². The summed E-state index contributed by atoms with van der Waals surface area (Å²) in [7, 11) is 0. The fourth-order valence-electron chi connectivity index (χ4n) is 3.40. The number of amides is 1. The Hall–Kier alpha value is -2.29. The summed E-state index contributed by atoms with van der Waals surface area (Å²) in [5, 5.41) is 9.33. The third kappa shape index (κ3) is 3.11. The normalized spacial score (nSPS) is 18.9. The maximum absolute atomic E-state index is 12.7. The largest absolute Gasteiger partial charge is 0.485 e. The van der Waals surface area contributed by atoms with Crippen LogP contribution in [-0.4, -0.2) is 39.5 Å². The van der Waals surface area contributed by atoms with Gasteiger partial charge in [0.25, 0.3) is 5.91 Å². The first-order chi connectivity index (χ1) is 12.7. The molecule has 1 N–H and O–H groups in total. The number of nitrogens with one attached hydrogen (secondary N) is 1. The van der Waals surface area contributed by atoms with E-state index in [1.54, 1.807) is 9.25 Å². The number of fused-ring (bicyclic) bond motifs is 2. The van der Waals surface area contributed by atoms with Crippen molar-refractivity contribution < 1.29 is 14.3 Å². The van der Waals surface area contributed by atoms with Crippen LogP contribution in [0.3, 0.4) is 0 Å². The maximum Gasteiger partial charge on any atom is 0.345 e. The van der Waals surface area contributed by atoms with E-state index in [0.29, 0.717) is 55.5 Å². The predicted octanol–water partition coefficient (Wildman–Crippen LogP) is 1.42. The van der Waals surface area contributed by atoms with E-state index in [1.807, 2.05) is 12.3 Å². The second-order valence-corrected chi connectivity index (χ2v) is 7.41. The van der Waals surface area contributed by atoms with Gasteiger partial charge in [-0.1, -0.05) is 6.92 Å². The van der Waals surface area contributed by atoms with Gasteiger partial charge in [-0.05, 0) is 19.3 Å². The SMILES string of the molecule is CCCn1nc2n(c1=O)CCC(NC(=O)c1scc3c1OCCO3)CC2. The zero-order valence-electron chi connectivity index (χ0n) is 14.7. The van der Waals surface area contributed by atoms with Crippen LogP contribution in [0, 0.1) is 0 Å². The minimum absolute atomic E-state index is 0.00508. The Kier molecular flexibility index (Phi) is 4.71. The molecule has 0 aromatic carbocycles. The van der Waals surface area contributed by atoms with E-state index in [1.165, 1.54) is 11.3 Å². The molecule has 0 fully saturated rings. The first-order valence-corrected chi connectivity index (χ1v) is 9.89. The number of carbonyl (C=O) groups excluding carboxylic acids is 1. The summed E-state index contributed by atoms with van der Waals surface area (Å²) in [6.07, 6.45) is 3.03. The van der Waals surface area contributed by atoms with Gasteiger partial charge in [-0.3, -0.25) is 9.36 Å². The maximum atomic E-state index is 12.7. The molecule has 1 amide bonds. The molecule has 140 valence electrons. The van der Waals surface area contributed by atoms with Crippen LogP contribution in [0.5, 0.6) is 11.5 Å². The van der Waals surface area contributed by atoms with Crippen molar-refractivity contribution in [3.05, 3.63) is 26.6 Å². The smallest absolute Gasteiger partial charge is 0.345 e. The molecule has 2 aliphatic heterocycles. The number of thiophene rings is 1. The van der Waals surface area contributed by atoms with E-state index >= 15 is 0 Å². The van der Waals surface area contributed by atoms with Gasteiger partial charge in [-0.15, -0.1) is 11.3 Å². The molecule has 1 unspecified atom stereocenters. The molecule has 2 aromatic heterocycles. The van der Waals surface area contributed by atoms with Crippen molar-refractivity contribution in [1.29, 1.82) is 0 Å². The van der Waals surface area contributed by atoms with Crippen molar-refractivity contribution in [2.45, 2.75) is 51.7 Å². The third-order valence-electron chi connectivity index (χ3n) is 4.69. The second-order valence-electron chi connectivity index (χ2n) is 6.53. The average Bonchev–Trinajstić information content (AvgIpc) is 3.13. The van der Waals surface area contributed by atoms with Crippen LogP contribution in [0.25, 0.3) is 0 Å². The second kappa shape index (κ2) is 7.14. The Balaban J connectivity index is 1.43. The van der Waals surface area contributed by atoms with Crippen LogP contribution in [0.1, 0.15) is 41.7 Å². The first-order valence-electron chi connectivity index (χ1n) is 9.02. The topological polar surface area (TPSA) is 87.4 Å². The summed E-state index contributed by atoms with van der Waals surface area (Å²) < 4.78 is 14.4. The molecule has 2 aliphatic rings. The highest BCUT2D eigenvalue weighted by atomic mass is 32.1. The number of carbonyl (C=O) groups is 1. The van der Waals surface area contributed by atoms with Crippen molar-refractivity contribution in [1.82, 2.24) is 19.7 Å². The Morgan fingerprint density at radius 2 is 2.23 bits per heavy atom. The van der Waals surface area contributed by atoms with Gasteiger partial charge in [0.1, 0.15) is 23.9 Å². The van der Waals surface area contributed by atoms with Gasteiger partial charge in [0.05, 0.1) is 0 Å². The van der Waals surface area contributed by atoms with Crippen LogP contribution in [-0.2, 0) is 19.5 Å². The van der Waals surface area contributed by atoms with Crippen LogP contribution >= 0.6 is 11.3 Å². The Labute approximate surface area is 154 Å². The lowest BCUT2D eigenvalue weighted by Gasteiger charge is -2.18. The van der Waals surface area contributed by atoms with Gasteiger partial charge in [-0.2, -0.15) is 5.10 Å². The van der Waals surface area contributed by atoms with Crippen molar-refractivity contribution >= 4 is 17.2 Å². The van der Waals surface area contributed by atoms with Crippen LogP contribution < -0.4 is 20.5 Å². The molecular weight excluding hydrogens is 356 g/mol. The summed E-state index contributed by atoms with van der Waals surface area (Å²) in [4.78, 5) is 25.6. The van der Waals surface area contributed by atoms with Crippen molar-refractivity contribution in [2.24, 2.45) is 0 Å². The number of hydrogen-bond donors (Lipinski definition) is 1. The first kappa shape index (κ1) is 17.1. The average molecular weight is 378 g/mol. The highest BCUT2D eigenvalue weighted by molar-refractivity contribution is 7.12. The van der Waals surface area contributed by atoms with Crippen LogP contribution in [0.2, 0.25) is 0 Å². The molecule has 9 heteroatoms. The van der Waals surface area contributed by atoms with E-state index in [9.17, 15) is 9.59 Å². The van der Waals surface area contributed by atoms with Crippen molar-refractivity contribution in [3.8, 4) is 11.5 Å². The molecule has 8 nitrogen and oxygen atoms in total. The summed E-state index contributed by atoms with van der Waals surface area (Å²) in [6, 6.07) is 0.00508. The molecule has 4 heterocycles. The molecule has 0 bridgehead atoms. The Morgan fingerprint density at radius 3 is 3.08 bits per heavy atom. The minimum atomic E-state index is -0.144. The molecule has 0 saturated carbocycles. The van der Waals surface area contributed by atoms with E-state index < -0.39 is 0 Å². The lowest BCUT2D eigenvalue weighted by atomic mass is 10.1. The quantitative estimate of drug-likeness (QED) is 0.869. The number of ether oxygens (including phenoxy) is 2. The zero-order chi connectivity index (χ0) is 18.1. The highest BCUT2D eigenvalue weighted by Crippen LogP contribution is 2.39. The predicted molar refractivity (Wildman–Crippen MR) is 96.3 cm³/mol. The molecular formula is C17H22N4O4S. The standard InChI is InChI=1S/C17H22N4O4S/c1-2-6-21-17(23)20-7-5-11(3-4-13(20)19-21)18-16(22)15-14-12(10-26-15)24-8-9-25-14/h10-11H,2-9H2,1H3,(H,18,22). The van der Waals surface area contributed by atoms with Gasteiger partial charge >= 0.3 is 5.69 Å². The molecule has 2 aromatic rings. The molecule has 0 aliphatic carbocycles. The fraction of sp³-hybridized carbons (Fsp3) is 0.588. The van der Waals surface area contributed by atoms with Gasteiger partial charge in [0.15, 0.2) is 11.5 Å². The zero-order valence-corrected chi connectivity index (χ0v) is 15.5. The molecule has 0 radical (unpaired) electrons. The summed E-state index contributed by atoms with van der Waals surface area (Å²) in [5.41, 5.74) is -0.0494. The van der Waals surface area contributed by atoms with Crippen molar-refractivity contribution in [2.75, 3.05) is 13.2 Å². The van der Waals surface area contributed by atoms with Gasteiger partial charge in [0.2, 0.25) is 0 Å². The van der Waals surface area contributed by atoms with Crippen LogP contribution in [0.4, 0.5) is 0 Å². The molecule has 1 atom stereocenters. The number of nitrogens with zero attached hydrogens (tertiary/aromatic N) is 3. The van der Waals surface area contributed by atoms with E-state index in [2.05, 4.69) is 10.4 Å². The lowest BCUT2D eigenvalue weighted by molar-refractivity contribution is 0.0928. The summed E-state index contributed by atoms with van der Waals surface area (Å²) >= 11 is 1.33. The van der Waals surface area contributed by atoms with E-state index in [4.69, 9.17) is 9.47 Å². The Morgan fingerprint density at radius 1 is 1.38 bits per heavy atom. The van der Waals surface area contributed by atoms with E-state index in [-0.39, 0.29) is 17.6 Å². The number of rotatable bonds is 4. The summed E-state index contributed by atoms with van der Waals surface area (Å²) in [6.45, 7) is 4.21. The molecule has 0 spiro atoms. The fourth-order valence-corrected chi connectivity index (χ4v) is 4.23. The number of hydrogen-bond acceptors (Lipinski definition) is 6. The van der Waals surface area contributed by atoms with Gasteiger partial charge < -0.3 is 14.8 Å². The van der Waals surface area contributed by atoms with E-state index in [0.717, 1.165) is 18.7 Å². The lowest BCUT2D eigenvalue weighted by Crippen LogP contribution is -2.35. The van der Waals surface area contributed by atoms with Gasteiger partial charge in [0, 0.05) is 30.9 Å². The number of aryl methyl sites for hydroxylation is 2. The molecule has 26 heavy (non-hydrogen) atoms. The molecule has 4 rings (SSSR count). The molecule has 0 saturated heterocycles. The third-order valence-corrected chi connectivity index (χ3v) is 5.63. The monoisotopic (exact) mass is 378 g/mol. The Bertz CT molecular complexity index is 869. The van der Waals surface area contributed by atoms with Crippen LogP contribution in [0.15, 0.2) is 10.2 Å². The minimum Gasteiger partial charge on any atom is -0.485 e. The van der Waals surface area contributed by atoms with Crippen molar-refractivity contribution in [3.63, 3.8) is 0 Å². The number of aromatic nitrogens is 3. The summed E-state index contributed by atoms with van der Waals surface area (Å²) in [5.74, 6) is 1.85.